The van der Waals surface area contributed by atoms with Crippen molar-refractivity contribution in [3.05, 3.63) is 20.8 Å². The third kappa shape index (κ3) is 4.66. The van der Waals surface area contributed by atoms with Crippen LogP contribution in [0.15, 0.2) is 15.9 Å². The van der Waals surface area contributed by atoms with Crippen LogP contribution in [0.3, 0.4) is 0 Å². The zero-order chi connectivity index (χ0) is 11.3. The third-order valence-corrected chi connectivity index (χ3v) is 4.43. The minimum Gasteiger partial charge on any atom is -0.317 e. The van der Waals surface area contributed by atoms with Crippen LogP contribution in [0.2, 0.25) is 0 Å². The van der Waals surface area contributed by atoms with Gasteiger partial charge in [-0.3, -0.25) is 0 Å². The van der Waals surface area contributed by atoms with Crippen LogP contribution < -0.4 is 5.32 Å². The van der Waals surface area contributed by atoms with Crippen LogP contribution in [-0.4, -0.2) is 13.1 Å². The highest BCUT2D eigenvalue weighted by atomic mass is 79.9. The molecule has 1 unspecified atom stereocenters. The molecule has 0 saturated carbocycles. The number of rotatable bonds is 6. The molecule has 0 fully saturated rings. The Labute approximate surface area is 105 Å². The van der Waals surface area contributed by atoms with Crippen molar-refractivity contribution in [3.63, 3.8) is 0 Å². The molecule has 0 aromatic carbocycles. The molecule has 0 spiro atoms. The normalized spacial score (nSPS) is 13.4. The summed E-state index contributed by atoms with van der Waals surface area (Å²) in [5, 5.41) is 3.39. The van der Waals surface area contributed by atoms with E-state index in [2.05, 4.69) is 54.3 Å². The van der Waals surface area contributed by atoms with Gasteiger partial charge >= 0.3 is 0 Å². The Balaban J connectivity index is 2.26. The molecule has 1 nitrogen and oxygen atoms in total. The maximum Gasteiger partial charge on any atom is 0.0701 e. The maximum atomic E-state index is 3.50. The molecule has 1 aromatic rings. The van der Waals surface area contributed by atoms with Gasteiger partial charge in [0, 0.05) is 10.9 Å². The van der Waals surface area contributed by atoms with Crippen LogP contribution in [0.25, 0.3) is 0 Å². The van der Waals surface area contributed by atoms with E-state index in [0.29, 0.717) is 6.04 Å². The van der Waals surface area contributed by atoms with Gasteiger partial charge in [-0.05, 0) is 60.3 Å². The lowest BCUT2D eigenvalue weighted by Crippen LogP contribution is -2.30. The number of halogens is 1. The molecule has 1 rings (SSSR count). The molecule has 0 amide bonds. The van der Waals surface area contributed by atoms with Crippen molar-refractivity contribution in [2.24, 2.45) is 5.92 Å². The van der Waals surface area contributed by atoms with Gasteiger partial charge in [0.15, 0.2) is 0 Å². The van der Waals surface area contributed by atoms with E-state index in [1.165, 1.54) is 27.9 Å². The fourth-order valence-electron chi connectivity index (χ4n) is 1.79. The molecule has 0 aliphatic rings. The lowest BCUT2D eigenvalue weighted by molar-refractivity contribution is 0.394. The number of hydrogen-bond donors (Lipinski definition) is 1. The Hall–Kier alpha value is 0.140. The van der Waals surface area contributed by atoms with E-state index in [-0.39, 0.29) is 0 Å². The molecule has 0 bridgehead atoms. The van der Waals surface area contributed by atoms with Gasteiger partial charge in [0.1, 0.15) is 0 Å². The van der Waals surface area contributed by atoms with E-state index in [1.54, 1.807) is 0 Å². The summed E-state index contributed by atoms with van der Waals surface area (Å²) in [6.45, 7) is 4.56. The minimum absolute atomic E-state index is 0.661. The first-order chi connectivity index (χ1) is 7.13. The topological polar surface area (TPSA) is 12.0 Å². The second-order valence-corrected chi connectivity index (χ2v) is 6.78. The van der Waals surface area contributed by atoms with Crippen molar-refractivity contribution in [2.45, 2.75) is 39.2 Å². The standard InChI is InChI=1S/C12H20BrNS/c1-9(2)11(14-3)6-4-5-10-7-8-12(13)15-10/h7-9,11,14H,4-6H2,1-3H3. The van der Waals surface area contributed by atoms with Crippen molar-refractivity contribution in [2.75, 3.05) is 7.05 Å². The highest BCUT2D eigenvalue weighted by molar-refractivity contribution is 9.11. The summed E-state index contributed by atoms with van der Waals surface area (Å²) in [6.07, 6.45) is 3.75. The molecule has 0 aliphatic carbocycles. The molecule has 0 saturated heterocycles. The largest absolute Gasteiger partial charge is 0.317 e. The summed E-state index contributed by atoms with van der Waals surface area (Å²) < 4.78 is 1.24. The van der Waals surface area contributed by atoms with Crippen LogP contribution in [-0.2, 0) is 6.42 Å². The molecule has 3 heteroatoms. The predicted molar refractivity (Wildman–Crippen MR) is 72.6 cm³/mol. The van der Waals surface area contributed by atoms with Gasteiger partial charge < -0.3 is 5.32 Å². The van der Waals surface area contributed by atoms with E-state index >= 15 is 0 Å². The van der Waals surface area contributed by atoms with E-state index in [4.69, 9.17) is 0 Å². The molecular weight excluding hydrogens is 270 g/mol. The first-order valence-electron chi connectivity index (χ1n) is 5.55. The van der Waals surface area contributed by atoms with Crippen molar-refractivity contribution in [1.82, 2.24) is 5.32 Å². The average Bonchev–Trinajstić information content (AvgIpc) is 2.58. The number of thiophene rings is 1. The molecule has 1 atom stereocenters. The molecular formula is C12H20BrNS. The first-order valence-corrected chi connectivity index (χ1v) is 7.16. The van der Waals surface area contributed by atoms with Crippen molar-refractivity contribution >= 4 is 27.3 Å². The summed E-state index contributed by atoms with van der Waals surface area (Å²) in [7, 11) is 2.06. The molecule has 0 radical (unpaired) electrons. The Morgan fingerprint density at radius 2 is 2.13 bits per heavy atom. The Kier molecular flexibility index (Phi) is 5.87. The zero-order valence-corrected chi connectivity index (χ0v) is 12.1. The molecule has 1 aromatic heterocycles. The van der Waals surface area contributed by atoms with E-state index in [9.17, 15) is 0 Å². The summed E-state index contributed by atoms with van der Waals surface area (Å²) in [5.41, 5.74) is 0. The molecule has 15 heavy (non-hydrogen) atoms. The lowest BCUT2D eigenvalue weighted by Gasteiger charge is -2.19. The summed E-state index contributed by atoms with van der Waals surface area (Å²) in [5.74, 6) is 0.727. The van der Waals surface area contributed by atoms with Crippen LogP contribution in [0.5, 0.6) is 0 Å². The second-order valence-electron chi connectivity index (χ2n) is 4.24. The van der Waals surface area contributed by atoms with Gasteiger partial charge in [-0.15, -0.1) is 11.3 Å². The van der Waals surface area contributed by atoms with Crippen LogP contribution >= 0.6 is 27.3 Å². The Bertz CT molecular complexity index is 283. The maximum absolute atomic E-state index is 3.50. The van der Waals surface area contributed by atoms with Crippen LogP contribution in [0.1, 0.15) is 31.6 Å². The minimum atomic E-state index is 0.661. The summed E-state index contributed by atoms with van der Waals surface area (Å²) in [4.78, 5) is 1.49. The third-order valence-electron chi connectivity index (χ3n) is 2.74. The van der Waals surface area contributed by atoms with Gasteiger partial charge in [0.25, 0.3) is 0 Å². The number of hydrogen-bond acceptors (Lipinski definition) is 2. The summed E-state index contributed by atoms with van der Waals surface area (Å²) >= 11 is 5.35. The first kappa shape index (κ1) is 13.2. The van der Waals surface area contributed by atoms with E-state index in [0.717, 1.165) is 5.92 Å². The SMILES string of the molecule is CNC(CCCc1ccc(Br)s1)C(C)C. The molecule has 1 N–H and O–H groups in total. The number of aryl methyl sites for hydroxylation is 1. The van der Waals surface area contributed by atoms with Crippen molar-refractivity contribution in [3.8, 4) is 0 Å². The van der Waals surface area contributed by atoms with Crippen LogP contribution in [0.4, 0.5) is 0 Å². The van der Waals surface area contributed by atoms with Gasteiger partial charge in [-0.1, -0.05) is 13.8 Å². The van der Waals surface area contributed by atoms with Crippen LogP contribution in [0, 0.1) is 5.92 Å². The quantitative estimate of drug-likeness (QED) is 0.832. The highest BCUT2D eigenvalue weighted by Gasteiger charge is 2.10. The van der Waals surface area contributed by atoms with E-state index < -0.39 is 0 Å². The number of nitrogens with one attached hydrogen (secondary N) is 1. The Morgan fingerprint density at radius 1 is 1.40 bits per heavy atom. The van der Waals surface area contributed by atoms with Crippen molar-refractivity contribution < 1.29 is 0 Å². The smallest absolute Gasteiger partial charge is 0.0701 e. The summed E-state index contributed by atoms with van der Waals surface area (Å²) in [6, 6.07) is 5.02. The fourth-order valence-corrected chi connectivity index (χ4v) is 3.32. The monoisotopic (exact) mass is 289 g/mol. The zero-order valence-electron chi connectivity index (χ0n) is 9.72. The van der Waals surface area contributed by atoms with Gasteiger partial charge in [0.05, 0.1) is 3.79 Å². The second kappa shape index (κ2) is 6.66. The van der Waals surface area contributed by atoms with Crippen molar-refractivity contribution in [1.29, 1.82) is 0 Å². The molecule has 86 valence electrons. The van der Waals surface area contributed by atoms with Gasteiger partial charge in [0.2, 0.25) is 0 Å². The fraction of sp³-hybridized carbons (Fsp3) is 0.667. The van der Waals surface area contributed by atoms with Gasteiger partial charge in [-0.25, -0.2) is 0 Å². The lowest BCUT2D eigenvalue weighted by atomic mass is 9.98. The van der Waals surface area contributed by atoms with E-state index in [1.807, 2.05) is 11.3 Å². The molecule has 0 aliphatic heterocycles. The van der Waals surface area contributed by atoms with Gasteiger partial charge in [-0.2, -0.15) is 0 Å². The molecule has 1 heterocycles. The Morgan fingerprint density at radius 3 is 2.60 bits per heavy atom. The highest BCUT2D eigenvalue weighted by Crippen LogP contribution is 2.23. The average molecular weight is 290 g/mol. The predicted octanol–water partition coefficient (Wildman–Crippen LogP) is 4.08.